The second-order valence-electron chi connectivity index (χ2n) is 7.13. The molecular formula is C20H33FN4O2. The molecule has 0 amide bonds. The van der Waals surface area contributed by atoms with Gasteiger partial charge in [-0.25, -0.2) is 4.39 Å². The monoisotopic (exact) mass is 380 g/mol. The van der Waals surface area contributed by atoms with Crippen molar-refractivity contribution in [2.24, 2.45) is 10.9 Å². The summed E-state index contributed by atoms with van der Waals surface area (Å²) in [5.41, 5.74) is 0.953. The summed E-state index contributed by atoms with van der Waals surface area (Å²) in [6, 6.07) is 6.85. The van der Waals surface area contributed by atoms with Crippen molar-refractivity contribution < 1.29 is 13.9 Å². The molecule has 7 heteroatoms. The molecule has 0 aliphatic carbocycles. The quantitative estimate of drug-likeness (QED) is 0.403. The molecule has 1 saturated heterocycles. The van der Waals surface area contributed by atoms with Gasteiger partial charge in [-0.15, -0.1) is 0 Å². The van der Waals surface area contributed by atoms with Crippen LogP contribution in [0.5, 0.6) is 0 Å². The Balaban J connectivity index is 1.87. The summed E-state index contributed by atoms with van der Waals surface area (Å²) in [6.45, 7) is 4.57. The van der Waals surface area contributed by atoms with Crippen molar-refractivity contribution in [3.05, 3.63) is 35.6 Å². The average molecular weight is 381 g/mol. The van der Waals surface area contributed by atoms with Gasteiger partial charge in [0.15, 0.2) is 5.96 Å². The fraction of sp³-hybridized carbons (Fsp3) is 0.650. The first-order chi connectivity index (χ1) is 13.0. The van der Waals surface area contributed by atoms with Crippen molar-refractivity contribution in [3.8, 4) is 0 Å². The Morgan fingerprint density at radius 1 is 1.41 bits per heavy atom. The molecule has 0 aromatic heterocycles. The van der Waals surface area contributed by atoms with Gasteiger partial charge in [0.1, 0.15) is 5.82 Å². The van der Waals surface area contributed by atoms with Crippen molar-refractivity contribution in [3.63, 3.8) is 0 Å². The summed E-state index contributed by atoms with van der Waals surface area (Å²) < 4.78 is 24.3. The van der Waals surface area contributed by atoms with Crippen LogP contribution in [0, 0.1) is 11.7 Å². The summed E-state index contributed by atoms with van der Waals surface area (Å²) in [6.07, 6.45) is 1.09. The molecule has 1 aliphatic heterocycles. The maximum atomic E-state index is 13.6. The lowest BCUT2D eigenvalue weighted by molar-refractivity contribution is 0.0536. The van der Waals surface area contributed by atoms with Gasteiger partial charge in [-0.05, 0) is 38.2 Å². The van der Waals surface area contributed by atoms with Gasteiger partial charge in [-0.3, -0.25) is 4.99 Å². The number of halogens is 1. The minimum Gasteiger partial charge on any atom is -0.382 e. The second kappa shape index (κ2) is 11.2. The number of methoxy groups -OCH3 is 1. The molecule has 0 saturated carbocycles. The molecule has 1 aromatic carbocycles. The van der Waals surface area contributed by atoms with Crippen molar-refractivity contribution in [1.29, 1.82) is 0 Å². The zero-order chi connectivity index (χ0) is 19.6. The molecular weight excluding hydrogens is 347 g/mol. The predicted octanol–water partition coefficient (Wildman–Crippen LogP) is 1.99. The number of aliphatic imine (C=N–C) groups is 1. The van der Waals surface area contributed by atoms with Gasteiger partial charge in [-0.1, -0.05) is 12.1 Å². The third-order valence-corrected chi connectivity index (χ3v) is 4.89. The molecule has 1 aromatic rings. The maximum absolute atomic E-state index is 13.6. The number of hydrogen-bond acceptors (Lipinski definition) is 4. The van der Waals surface area contributed by atoms with Crippen LogP contribution in [0.1, 0.15) is 18.0 Å². The van der Waals surface area contributed by atoms with Gasteiger partial charge >= 0.3 is 0 Å². The van der Waals surface area contributed by atoms with E-state index in [0.29, 0.717) is 25.7 Å². The van der Waals surface area contributed by atoms with Gasteiger partial charge in [-0.2, -0.15) is 0 Å². The van der Waals surface area contributed by atoms with E-state index in [1.54, 1.807) is 26.3 Å². The topological polar surface area (TPSA) is 49.3 Å². The molecule has 6 nitrogen and oxygen atoms in total. The Labute approximate surface area is 162 Å². The predicted molar refractivity (Wildman–Crippen MR) is 107 cm³/mol. The highest BCUT2D eigenvalue weighted by Gasteiger charge is 2.25. The van der Waals surface area contributed by atoms with E-state index in [4.69, 9.17) is 9.47 Å². The Hall–Kier alpha value is -1.70. The number of nitrogens with zero attached hydrogens (tertiary/aromatic N) is 3. The van der Waals surface area contributed by atoms with Crippen molar-refractivity contribution in [2.75, 3.05) is 67.7 Å². The SMILES string of the molecule is CN=C(NCC(c1cccc(F)c1)N(C)C)N1CCC(COCCOC)C1. The Bertz CT molecular complexity index is 597. The first kappa shape index (κ1) is 21.6. The minimum atomic E-state index is -0.209. The van der Waals surface area contributed by atoms with E-state index in [2.05, 4.69) is 20.1 Å². The van der Waals surface area contributed by atoms with Gasteiger partial charge < -0.3 is 24.6 Å². The van der Waals surface area contributed by atoms with E-state index in [1.165, 1.54) is 6.07 Å². The number of hydrogen-bond donors (Lipinski definition) is 1. The summed E-state index contributed by atoms with van der Waals surface area (Å²) >= 11 is 0. The van der Waals surface area contributed by atoms with Crippen LogP contribution < -0.4 is 5.32 Å². The summed E-state index contributed by atoms with van der Waals surface area (Å²) in [5, 5.41) is 3.46. The number of benzene rings is 1. The molecule has 152 valence electrons. The normalized spacial score (nSPS) is 19.0. The van der Waals surface area contributed by atoms with E-state index in [9.17, 15) is 4.39 Å². The standard InChI is InChI=1S/C20H33FN4O2/c1-22-20(25-9-8-16(14-25)15-27-11-10-26-4)23-13-19(24(2)3)17-6-5-7-18(21)12-17/h5-7,12,16,19H,8-11,13-15H2,1-4H3,(H,22,23). The zero-order valence-electron chi connectivity index (χ0n) is 16.9. The molecule has 2 atom stereocenters. The van der Waals surface area contributed by atoms with E-state index in [0.717, 1.165) is 37.6 Å². The van der Waals surface area contributed by atoms with Gasteiger partial charge in [0.2, 0.25) is 0 Å². The molecule has 27 heavy (non-hydrogen) atoms. The van der Waals surface area contributed by atoms with Crippen LogP contribution in [-0.2, 0) is 9.47 Å². The Kier molecular flexibility index (Phi) is 8.97. The fourth-order valence-corrected chi connectivity index (χ4v) is 3.39. The molecule has 0 spiro atoms. The lowest BCUT2D eigenvalue weighted by Gasteiger charge is -2.28. The van der Waals surface area contributed by atoms with Crippen molar-refractivity contribution >= 4 is 5.96 Å². The summed E-state index contributed by atoms with van der Waals surface area (Å²) in [4.78, 5) is 8.79. The first-order valence-electron chi connectivity index (χ1n) is 9.49. The lowest BCUT2D eigenvalue weighted by atomic mass is 10.1. The molecule has 0 bridgehead atoms. The van der Waals surface area contributed by atoms with Crippen LogP contribution in [0.15, 0.2) is 29.3 Å². The van der Waals surface area contributed by atoms with E-state index in [-0.39, 0.29) is 11.9 Å². The average Bonchev–Trinajstić information content (AvgIpc) is 3.11. The number of likely N-dealkylation sites (tertiary alicyclic amines) is 1. The largest absolute Gasteiger partial charge is 0.382 e. The summed E-state index contributed by atoms with van der Waals surface area (Å²) in [5.74, 6) is 1.19. The van der Waals surface area contributed by atoms with Crippen LogP contribution in [0.3, 0.4) is 0 Å². The maximum Gasteiger partial charge on any atom is 0.193 e. The van der Waals surface area contributed by atoms with Crippen LogP contribution >= 0.6 is 0 Å². The summed E-state index contributed by atoms with van der Waals surface area (Å²) in [7, 11) is 7.49. The lowest BCUT2D eigenvalue weighted by Crippen LogP contribution is -2.43. The zero-order valence-corrected chi connectivity index (χ0v) is 16.9. The fourth-order valence-electron chi connectivity index (χ4n) is 3.39. The number of ether oxygens (including phenoxy) is 2. The van der Waals surface area contributed by atoms with E-state index in [1.807, 2.05) is 20.2 Å². The third-order valence-electron chi connectivity index (χ3n) is 4.89. The number of guanidine groups is 1. The smallest absolute Gasteiger partial charge is 0.193 e. The van der Waals surface area contributed by atoms with Crippen LogP contribution in [0.2, 0.25) is 0 Å². The van der Waals surface area contributed by atoms with E-state index >= 15 is 0 Å². The Morgan fingerprint density at radius 2 is 2.22 bits per heavy atom. The second-order valence-corrected chi connectivity index (χ2v) is 7.13. The third kappa shape index (κ3) is 6.75. The number of rotatable bonds is 9. The molecule has 1 heterocycles. The molecule has 1 aliphatic rings. The first-order valence-corrected chi connectivity index (χ1v) is 9.49. The van der Waals surface area contributed by atoms with Crippen LogP contribution in [0.25, 0.3) is 0 Å². The van der Waals surface area contributed by atoms with Crippen molar-refractivity contribution in [1.82, 2.24) is 15.1 Å². The molecule has 2 rings (SSSR count). The van der Waals surface area contributed by atoms with E-state index < -0.39 is 0 Å². The molecule has 1 fully saturated rings. The molecule has 1 N–H and O–H groups in total. The number of likely N-dealkylation sites (N-methyl/N-ethyl adjacent to an activating group) is 1. The van der Waals surface area contributed by atoms with Gasteiger partial charge in [0.05, 0.1) is 25.9 Å². The Morgan fingerprint density at radius 3 is 2.89 bits per heavy atom. The van der Waals surface area contributed by atoms with Gasteiger partial charge in [0.25, 0.3) is 0 Å². The highest BCUT2D eigenvalue weighted by Crippen LogP contribution is 2.20. The van der Waals surface area contributed by atoms with Gasteiger partial charge in [0, 0.05) is 39.7 Å². The molecule has 2 unspecified atom stereocenters. The van der Waals surface area contributed by atoms with Crippen molar-refractivity contribution in [2.45, 2.75) is 12.5 Å². The van der Waals surface area contributed by atoms with Crippen LogP contribution in [0.4, 0.5) is 4.39 Å². The van der Waals surface area contributed by atoms with Crippen LogP contribution in [-0.4, -0.2) is 83.5 Å². The minimum absolute atomic E-state index is 0.0632. The molecule has 0 radical (unpaired) electrons. The highest BCUT2D eigenvalue weighted by atomic mass is 19.1. The highest BCUT2D eigenvalue weighted by molar-refractivity contribution is 5.80. The number of nitrogens with one attached hydrogen (secondary N) is 1.